The summed E-state index contributed by atoms with van der Waals surface area (Å²) in [5.41, 5.74) is 5.77. The standard InChI is InChI=1S/C11H14ClF2N/c1-6(3-4-15)9-10(13)7(2)5-8(12)11(9)14/h5-6H,3-4,15H2,1-2H3. The van der Waals surface area contributed by atoms with E-state index < -0.39 is 11.6 Å². The van der Waals surface area contributed by atoms with Crippen LogP contribution in [0.15, 0.2) is 6.07 Å². The lowest BCUT2D eigenvalue weighted by Crippen LogP contribution is -2.09. The Morgan fingerprint density at radius 2 is 2.00 bits per heavy atom. The van der Waals surface area contributed by atoms with Gasteiger partial charge in [0.25, 0.3) is 0 Å². The molecule has 1 rings (SSSR count). The minimum absolute atomic E-state index is 0.0345. The van der Waals surface area contributed by atoms with Crippen LogP contribution >= 0.6 is 11.6 Å². The number of nitrogens with two attached hydrogens (primary N) is 1. The molecular formula is C11H14ClF2N. The highest BCUT2D eigenvalue weighted by atomic mass is 35.5. The second-order valence-corrected chi connectivity index (χ2v) is 4.10. The van der Waals surface area contributed by atoms with Gasteiger partial charge in [0.15, 0.2) is 0 Å². The van der Waals surface area contributed by atoms with Crippen LogP contribution in [0.25, 0.3) is 0 Å². The molecule has 4 heteroatoms. The SMILES string of the molecule is Cc1cc(Cl)c(F)c(C(C)CCN)c1F. The Kier molecular flexibility index (Phi) is 4.05. The van der Waals surface area contributed by atoms with Crippen LogP contribution in [0.3, 0.4) is 0 Å². The van der Waals surface area contributed by atoms with Crippen LogP contribution in [0.4, 0.5) is 8.78 Å². The summed E-state index contributed by atoms with van der Waals surface area (Å²) < 4.78 is 27.3. The average Bonchev–Trinajstić information content (AvgIpc) is 2.16. The van der Waals surface area contributed by atoms with Crippen molar-refractivity contribution in [2.75, 3.05) is 6.54 Å². The lowest BCUT2D eigenvalue weighted by molar-refractivity contribution is 0.519. The number of benzene rings is 1. The highest BCUT2D eigenvalue weighted by molar-refractivity contribution is 6.30. The fraction of sp³-hybridized carbons (Fsp3) is 0.455. The van der Waals surface area contributed by atoms with Crippen molar-refractivity contribution in [2.45, 2.75) is 26.2 Å². The van der Waals surface area contributed by atoms with Crippen molar-refractivity contribution in [1.82, 2.24) is 0 Å². The molecule has 1 unspecified atom stereocenters. The lowest BCUT2D eigenvalue weighted by atomic mass is 9.95. The topological polar surface area (TPSA) is 26.0 Å². The smallest absolute Gasteiger partial charge is 0.148 e. The van der Waals surface area contributed by atoms with Crippen molar-refractivity contribution in [1.29, 1.82) is 0 Å². The molecule has 0 heterocycles. The van der Waals surface area contributed by atoms with Crippen LogP contribution in [-0.4, -0.2) is 6.54 Å². The van der Waals surface area contributed by atoms with Gasteiger partial charge in [-0.3, -0.25) is 0 Å². The minimum atomic E-state index is -0.666. The molecule has 84 valence electrons. The molecule has 1 aromatic rings. The Morgan fingerprint density at radius 1 is 1.40 bits per heavy atom. The van der Waals surface area contributed by atoms with Gasteiger partial charge in [0, 0.05) is 5.56 Å². The van der Waals surface area contributed by atoms with Crippen molar-refractivity contribution in [3.63, 3.8) is 0 Å². The van der Waals surface area contributed by atoms with Crippen molar-refractivity contribution < 1.29 is 8.78 Å². The van der Waals surface area contributed by atoms with Crippen molar-refractivity contribution in [3.05, 3.63) is 33.9 Å². The Bertz CT molecular complexity index is 340. The summed E-state index contributed by atoms with van der Waals surface area (Å²) in [5, 5.41) is -0.0345. The van der Waals surface area contributed by atoms with E-state index in [-0.39, 0.29) is 16.5 Å². The molecule has 0 saturated heterocycles. The summed E-state index contributed by atoms with van der Waals surface area (Å²) >= 11 is 5.66. The second kappa shape index (κ2) is 4.90. The lowest BCUT2D eigenvalue weighted by Gasteiger charge is -2.15. The fourth-order valence-corrected chi connectivity index (χ4v) is 1.85. The molecule has 15 heavy (non-hydrogen) atoms. The number of hydrogen-bond donors (Lipinski definition) is 1. The third-order valence-corrected chi connectivity index (χ3v) is 2.74. The molecule has 0 spiro atoms. The van der Waals surface area contributed by atoms with E-state index >= 15 is 0 Å². The molecule has 0 amide bonds. The predicted octanol–water partition coefficient (Wildman–Crippen LogP) is 3.38. The summed E-state index contributed by atoms with van der Waals surface area (Å²) in [4.78, 5) is 0. The number of hydrogen-bond acceptors (Lipinski definition) is 1. The second-order valence-electron chi connectivity index (χ2n) is 3.70. The fourth-order valence-electron chi connectivity index (χ4n) is 1.58. The minimum Gasteiger partial charge on any atom is -0.330 e. The van der Waals surface area contributed by atoms with Crippen molar-refractivity contribution >= 4 is 11.6 Å². The van der Waals surface area contributed by atoms with Crippen LogP contribution < -0.4 is 5.73 Å². The molecule has 1 nitrogen and oxygen atoms in total. The molecule has 0 fully saturated rings. The molecule has 0 bridgehead atoms. The van der Waals surface area contributed by atoms with E-state index in [0.717, 1.165) is 0 Å². The molecular weight excluding hydrogens is 220 g/mol. The number of aryl methyl sites for hydroxylation is 1. The molecule has 2 N–H and O–H groups in total. The van der Waals surface area contributed by atoms with Crippen LogP contribution in [0.2, 0.25) is 5.02 Å². The molecule has 0 aromatic heterocycles. The van der Waals surface area contributed by atoms with E-state index in [1.54, 1.807) is 13.8 Å². The van der Waals surface area contributed by atoms with Gasteiger partial charge >= 0.3 is 0 Å². The van der Waals surface area contributed by atoms with E-state index in [1.807, 2.05) is 0 Å². The molecule has 0 aliphatic carbocycles. The third-order valence-electron chi connectivity index (χ3n) is 2.46. The number of rotatable bonds is 3. The van der Waals surface area contributed by atoms with E-state index in [9.17, 15) is 8.78 Å². The normalized spacial score (nSPS) is 12.9. The number of halogens is 3. The average molecular weight is 234 g/mol. The first-order valence-electron chi connectivity index (χ1n) is 4.83. The third kappa shape index (κ3) is 2.47. The van der Waals surface area contributed by atoms with Crippen LogP contribution in [0, 0.1) is 18.6 Å². The zero-order valence-corrected chi connectivity index (χ0v) is 9.54. The Morgan fingerprint density at radius 3 is 2.53 bits per heavy atom. The van der Waals surface area contributed by atoms with Gasteiger partial charge in [0.1, 0.15) is 11.6 Å². The summed E-state index contributed by atoms with van der Waals surface area (Å²) in [6.45, 7) is 3.70. The maximum atomic E-state index is 13.7. The predicted molar refractivity (Wildman–Crippen MR) is 58.2 cm³/mol. The van der Waals surface area contributed by atoms with E-state index in [4.69, 9.17) is 17.3 Å². The zero-order valence-electron chi connectivity index (χ0n) is 8.78. The summed E-state index contributed by atoms with van der Waals surface area (Å²) in [5.74, 6) is -1.44. The van der Waals surface area contributed by atoms with Crippen LogP contribution in [0.1, 0.15) is 30.4 Å². The zero-order chi connectivity index (χ0) is 11.6. The van der Waals surface area contributed by atoms with Gasteiger partial charge in [-0.2, -0.15) is 0 Å². The summed E-state index contributed by atoms with van der Waals surface area (Å²) in [7, 11) is 0. The monoisotopic (exact) mass is 233 g/mol. The van der Waals surface area contributed by atoms with Crippen molar-refractivity contribution in [2.24, 2.45) is 5.73 Å². The van der Waals surface area contributed by atoms with Crippen molar-refractivity contribution in [3.8, 4) is 0 Å². The first-order valence-corrected chi connectivity index (χ1v) is 5.20. The van der Waals surface area contributed by atoms with Gasteiger partial charge in [-0.25, -0.2) is 8.78 Å². The Labute approximate surface area is 93.2 Å². The van der Waals surface area contributed by atoms with Crippen LogP contribution in [0.5, 0.6) is 0 Å². The Hall–Kier alpha value is -0.670. The first kappa shape index (κ1) is 12.4. The molecule has 1 aromatic carbocycles. The molecule has 0 aliphatic heterocycles. The summed E-state index contributed by atoms with van der Waals surface area (Å²) in [6, 6.07) is 1.30. The quantitative estimate of drug-likeness (QED) is 0.796. The maximum Gasteiger partial charge on any atom is 0.148 e. The largest absolute Gasteiger partial charge is 0.330 e. The van der Waals surface area contributed by atoms with Gasteiger partial charge in [-0.05, 0) is 37.4 Å². The molecule has 0 saturated carbocycles. The highest BCUT2D eigenvalue weighted by Crippen LogP contribution is 2.31. The molecule has 1 atom stereocenters. The molecule has 0 aliphatic rings. The van der Waals surface area contributed by atoms with E-state index in [0.29, 0.717) is 18.5 Å². The van der Waals surface area contributed by atoms with Crippen LogP contribution in [-0.2, 0) is 0 Å². The van der Waals surface area contributed by atoms with Gasteiger partial charge in [-0.15, -0.1) is 0 Å². The van der Waals surface area contributed by atoms with E-state index in [1.165, 1.54) is 6.07 Å². The van der Waals surface area contributed by atoms with Gasteiger partial charge in [0.2, 0.25) is 0 Å². The first-order chi connectivity index (χ1) is 6.99. The summed E-state index contributed by atoms with van der Waals surface area (Å²) in [6.07, 6.45) is 0.535. The molecule has 0 radical (unpaired) electrons. The van der Waals surface area contributed by atoms with Gasteiger partial charge in [-0.1, -0.05) is 18.5 Å². The van der Waals surface area contributed by atoms with Gasteiger partial charge < -0.3 is 5.73 Å². The maximum absolute atomic E-state index is 13.7. The van der Waals surface area contributed by atoms with Gasteiger partial charge in [0.05, 0.1) is 5.02 Å². The van der Waals surface area contributed by atoms with E-state index in [2.05, 4.69) is 0 Å². The Balaban J connectivity index is 3.26. The highest BCUT2D eigenvalue weighted by Gasteiger charge is 2.20.